The summed E-state index contributed by atoms with van der Waals surface area (Å²) in [6.45, 7) is 0.0936. The Hall–Kier alpha value is -2.12. The summed E-state index contributed by atoms with van der Waals surface area (Å²) in [5.74, 6) is 0.405. The van der Waals surface area contributed by atoms with Crippen molar-refractivity contribution in [3.05, 3.63) is 71.2 Å². The maximum absolute atomic E-state index is 12.4. The summed E-state index contributed by atoms with van der Waals surface area (Å²) in [5.41, 5.74) is 0.778. The lowest BCUT2D eigenvalue weighted by Crippen LogP contribution is -2.26. The molecule has 0 fully saturated rings. The van der Waals surface area contributed by atoms with Gasteiger partial charge in [-0.15, -0.1) is 0 Å². The monoisotopic (exact) mass is 405 g/mol. The number of aliphatic hydroxyl groups is 1. The van der Waals surface area contributed by atoms with Crippen molar-refractivity contribution in [3.8, 4) is 5.75 Å². The molecule has 27 heavy (non-hydrogen) atoms. The van der Waals surface area contributed by atoms with Gasteiger partial charge in [0, 0.05) is 6.54 Å². The number of rotatable bonds is 7. The minimum absolute atomic E-state index is 0.0490. The van der Waals surface area contributed by atoms with E-state index in [0.717, 1.165) is 16.3 Å². The number of benzene rings is 3. The lowest BCUT2D eigenvalue weighted by atomic mass is 9.99. The smallest absolute Gasteiger partial charge is 0.240 e. The van der Waals surface area contributed by atoms with E-state index in [1.54, 1.807) is 0 Å². The summed E-state index contributed by atoms with van der Waals surface area (Å²) in [4.78, 5) is 0.0490. The number of hydrogen-bond acceptors (Lipinski definition) is 4. The number of aliphatic hydroxyl groups excluding tert-OH is 1. The fourth-order valence-corrected chi connectivity index (χ4v) is 4.32. The molecule has 0 aromatic heterocycles. The van der Waals surface area contributed by atoms with Gasteiger partial charge < -0.3 is 9.84 Å². The summed E-state index contributed by atoms with van der Waals surface area (Å²) < 4.78 is 32.4. The Morgan fingerprint density at radius 3 is 2.59 bits per heavy atom. The van der Waals surface area contributed by atoms with E-state index in [2.05, 4.69) is 4.72 Å². The lowest BCUT2D eigenvalue weighted by Gasteiger charge is -2.14. The highest BCUT2D eigenvalue weighted by molar-refractivity contribution is 7.89. The second-order valence-electron chi connectivity index (χ2n) is 6.07. The van der Waals surface area contributed by atoms with E-state index >= 15 is 0 Å². The molecule has 3 rings (SSSR count). The number of sulfonamides is 1. The molecule has 5 nitrogen and oxygen atoms in total. The maximum Gasteiger partial charge on any atom is 0.240 e. The second-order valence-corrected chi connectivity index (χ2v) is 8.24. The van der Waals surface area contributed by atoms with Crippen LogP contribution in [0.2, 0.25) is 5.02 Å². The first kappa shape index (κ1) is 19.6. The Morgan fingerprint density at radius 1 is 1.11 bits per heavy atom. The zero-order valence-corrected chi connectivity index (χ0v) is 16.3. The van der Waals surface area contributed by atoms with Crippen molar-refractivity contribution in [2.75, 3.05) is 13.7 Å². The van der Waals surface area contributed by atoms with Gasteiger partial charge in [-0.05, 0) is 41.0 Å². The van der Waals surface area contributed by atoms with Gasteiger partial charge in [-0.1, -0.05) is 54.1 Å². The van der Waals surface area contributed by atoms with Crippen molar-refractivity contribution in [3.63, 3.8) is 0 Å². The van der Waals surface area contributed by atoms with Crippen LogP contribution < -0.4 is 9.46 Å². The fraction of sp³-hybridized carbons (Fsp3) is 0.200. The molecule has 0 saturated carbocycles. The highest BCUT2D eigenvalue weighted by Crippen LogP contribution is 2.28. The van der Waals surface area contributed by atoms with Crippen LogP contribution in [0.25, 0.3) is 10.8 Å². The predicted molar refractivity (Wildman–Crippen MR) is 107 cm³/mol. The summed E-state index contributed by atoms with van der Waals surface area (Å²) in [7, 11) is -2.27. The van der Waals surface area contributed by atoms with Crippen LogP contribution >= 0.6 is 11.6 Å². The van der Waals surface area contributed by atoms with Crippen molar-refractivity contribution in [2.24, 2.45) is 0 Å². The molecule has 0 spiro atoms. The van der Waals surface area contributed by atoms with Gasteiger partial charge in [0.2, 0.25) is 10.0 Å². The van der Waals surface area contributed by atoms with Crippen LogP contribution in [0.4, 0.5) is 0 Å². The first-order valence-electron chi connectivity index (χ1n) is 8.41. The van der Waals surface area contributed by atoms with Crippen LogP contribution in [0.15, 0.2) is 65.6 Å². The van der Waals surface area contributed by atoms with Gasteiger partial charge in [-0.3, -0.25) is 0 Å². The molecule has 3 aromatic carbocycles. The predicted octanol–water partition coefficient (Wildman–Crippen LogP) is 3.90. The Labute approximate surface area is 163 Å². The molecule has 3 aromatic rings. The number of ether oxygens (including phenoxy) is 1. The van der Waals surface area contributed by atoms with Crippen LogP contribution in [0.1, 0.15) is 18.1 Å². The summed E-state index contributed by atoms with van der Waals surface area (Å²) in [6.07, 6.45) is -0.532. The van der Waals surface area contributed by atoms with Crippen molar-refractivity contribution in [1.29, 1.82) is 0 Å². The van der Waals surface area contributed by atoms with Gasteiger partial charge in [0.05, 0.1) is 23.1 Å². The first-order valence-corrected chi connectivity index (χ1v) is 10.3. The third-order valence-corrected chi connectivity index (χ3v) is 6.08. The van der Waals surface area contributed by atoms with Crippen molar-refractivity contribution >= 4 is 32.4 Å². The van der Waals surface area contributed by atoms with E-state index in [4.69, 9.17) is 16.3 Å². The quantitative estimate of drug-likeness (QED) is 0.625. The van der Waals surface area contributed by atoms with E-state index < -0.39 is 16.1 Å². The Bertz CT molecular complexity index is 1050. The summed E-state index contributed by atoms with van der Waals surface area (Å²) in [6, 6.07) is 17.7. The van der Waals surface area contributed by atoms with Crippen molar-refractivity contribution < 1.29 is 18.3 Å². The molecule has 0 bridgehead atoms. The molecular weight excluding hydrogens is 386 g/mol. The van der Waals surface area contributed by atoms with Gasteiger partial charge >= 0.3 is 0 Å². The van der Waals surface area contributed by atoms with Gasteiger partial charge in [-0.2, -0.15) is 0 Å². The molecule has 0 aliphatic rings. The molecule has 0 unspecified atom stereocenters. The highest BCUT2D eigenvalue weighted by Gasteiger charge is 2.17. The fourth-order valence-electron chi connectivity index (χ4n) is 2.92. The summed E-state index contributed by atoms with van der Waals surface area (Å²) >= 11 is 6.00. The Morgan fingerprint density at radius 2 is 1.85 bits per heavy atom. The van der Waals surface area contributed by atoms with Crippen molar-refractivity contribution in [2.45, 2.75) is 17.4 Å². The molecule has 0 radical (unpaired) electrons. The second kappa shape index (κ2) is 8.27. The molecular formula is C20H20ClNO4S. The number of methoxy groups -OCH3 is 1. The third-order valence-electron chi connectivity index (χ3n) is 4.33. The number of fused-ring (bicyclic) bond motifs is 1. The zero-order chi connectivity index (χ0) is 19.4. The number of hydrogen-bond donors (Lipinski definition) is 2. The molecule has 7 heteroatoms. The minimum Gasteiger partial charge on any atom is -0.495 e. The summed E-state index contributed by atoms with van der Waals surface area (Å²) in [5, 5.41) is 12.7. The normalized spacial score (nSPS) is 12.9. The van der Waals surface area contributed by atoms with Gasteiger partial charge in [-0.25, -0.2) is 13.1 Å². The van der Waals surface area contributed by atoms with Crippen LogP contribution in [-0.2, 0) is 10.0 Å². The molecule has 0 amide bonds. The third kappa shape index (κ3) is 4.42. The van der Waals surface area contributed by atoms with Crippen molar-refractivity contribution in [1.82, 2.24) is 4.72 Å². The van der Waals surface area contributed by atoms with E-state index in [-0.39, 0.29) is 22.9 Å². The number of halogens is 1. The zero-order valence-electron chi connectivity index (χ0n) is 14.7. The highest BCUT2D eigenvalue weighted by atomic mass is 35.5. The molecule has 1 atom stereocenters. The maximum atomic E-state index is 12.4. The average molecular weight is 406 g/mol. The Kier molecular flexibility index (Phi) is 6.01. The molecule has 0 aliphatic carbocycles. The lowest BCUT2D eigenvalue weighted by molar-refractivity contribution is 0.170. The topological polar surface area (TPSA) is 75.6 Å². The average Bonchev–Trinajstić information content (AvgIpc) is 2.67. The van der Waals surface area contributed by atoms with Crippen LogP contribution in [0.3, 0.4) is 0 Å². The van der Waals surface area contributed by atoms with Gasteiger partial charge in [0.15, 0.2) is 0 Å². The van der Waals surface area contributed by atoms with E-state index in [9.17, 15) is 13.5 Å². The van der Waals surface area contributed by atoms with Crippen LogP contribution in [-0.4, -0.2) is 27.2 Å². The van der Waals surface area contributed by atoms with E-state index in [0.29, 0.717) is 5.75 Å². The van der Waals surface area contributed by atoms with Crippen LogP contribution in [0.5, 0.6) is 5.75 Å². The molecule has 0 saturated heterocycles. The Balaban J connectivity index is 1.69. The molecule has 2 N–H and O–H groups in total. The van der Waals surface area contributed by atoms with Gasteiger partial charge in [0.25, 0.3) is 0 Å². The van der Waals surface area contributed by atoms with Gasteiger partial charge in [0.1, 0.15) is 5.75 Å². The van der Waals surface area contributed by atoms with E-state index in [1.807, 2.05) is 42.5 Å². The molecule has 0 aliphatic heterocycles. The van der Waals surface area contributed by atoms with E-state index in [1.165, 1.54) is 25.3 Å². The molecule has 142 valence electrons. The van der Waals surface area contributed by atoms with Crippen LogP contribution in [0, 0.1) is 0 Å². The first-order chi connectivity index (χ1) is 12.9. The largest absolute Gasteiger partial charge is 0.495 e. The standard InChI is InChI=1S/C20H20ClNO4S/c1-26-20-10-9-15(13-18(20)21)27(24,25)22-12-11-19(23)17-8-4-6-14-5-2-3-7-16(14)17/h2-10,13,19,22-23H,11-12H2,1H3/t19-/m1/s1. The minimum atomic E-state index is -3.73. The molecule has 0 heterocycles. The number of nitrogens with one attached hydrogen (secondary N) is 1. The SMILES string of the molecule is COc1ccc(S(=O)(=O)NCC[C@@H](O)c2cccc3ccccc23)cc1Cl.